The van der Waals surface area contributed by atoms with Crippen molar-refractivity contribution in [1.82, 2.24) is 10.9 Å². The second-order valence-corrected chi connectivity index (χ2v) is 2.37. The monoisotopic (exact) mass is 146 g/mol. The number of carbonyl (C=O) groups is 1. The van der Waals surface area contributed by atoms with Crippen molar-refractivity contribution in [2.45, 2.75) is 26.3 Å². The molecule has 0 aliphatic rings. The summed E-state index contributed by atoms with van der Waals surface area (Å²) in [6.07, 6.45) is 0.152. The Kier molecular flexibility index (Phi) is 4.88. The lowest BCUT2D eigenvalue weighted by Crippen LogP contribution is -2.38. The average molecular weight is 146 g/mol. The number of carboxylic acid groups (broad SMARTS) is 1. The van der Waals surface area contributed by atoms with Crippen LogP contribution in [0.25, 0.3) is 0 Å². The Balaban J connectivity index is 2.98. The lowest BCUT2D eigenvalue weighted by atomic mass is 10.4. The molecule has 10 heavy (non-hydrogen) atoms. The van der Waals surface area contributed by atoms with Crippen molar-refractivity contribution < 1.29 is 9.90 Å². The molecule has 0 unspecified atom stereocenters. The van der Waals surface area contributed by atoms with Crippen molar-refractivity contribution in [3.05, 3.63) is 0 Å². The maximum atomic E-state index is 9.98. The van der Waals surface area contributed by atoms with Gasteiger partial charge in [0.25, 0.3) is 0 Å². The van der Waals surface area contributed by atoms with Crippen LogP contribution in [0.5, 0.6) is 0 Å². The van der Waals surface area contributed by atoms with Crippen LogP contribution in [0.15, 0.2) is 0 Å². The summed E-state index contributed by atoms with van der Waals surface area (Å²) in [5, 5.41) is 8.21. The van der Waals surface area contributed by atoms with Gasteiger partial charge in [-0.1, -0.05) is 0 Å². The Bertz CT molecular complexity index is 104. The first-order chi connectivity index (χ1) is 4.63. The molecular formula is C6H14N2O2. The third kappa shape index (κ3) is 7.39. The number of hydrogen-bond acceptors (Lipinski definition) is 3. The molecule has 0 aromatic heterocycles. The van der Waals surface area contributed by atoms with Crippen molar-refractivity contribution in [2.75, 3.05) is 6.54 Å². The van der Waals surface area contributed by atoms with Crippen LogP contribution in [-0.4, -0.2) is 23.7 Å². The van der Waals surface area contributed by atoms with Crippen LogP contribution in [0.2, 0.25) is 0 Å². The molecule has 0 aliphatic carbocycles. The summed E-state index contributed by atoms with van der Waals surface area (Å²) in [5.74, 6) is -0.780. The molecular weight excluding hydrogens is 132 g/mol. The van der Waals surface area contributed by atoms with Gasteiger partial charge in [0.15, 0.2) is 0 Å². The van der Waals surface area contributed by atoms with Crippen LogP contribution in [0.3, 0.4) is 0 Å². The number of rotatable bonds is 5. The summed E-state index contributed by atoms with van der Waals surface area (Å²) in [7, 11) is 0. The van der Waals surface area contributed by atoms with E-state index in [1.165, 1.54) is 0 Å². The van der Waals surface area contributed by atoms with Gasteiger partial charge in [0, 0.05) is 12.6 Å². The fourth-order valence-corrected chi connectivity index (χ4v) is 0.446. The van der Waals surface area contributed by atoms with Crippen LogP contribution in [0.4, 0.5) is 0 Å². The molecule has 0 saturated heterocycles. The SMILES string of the molecule is CC(C)NNCCC(=O)O. The minimum atomic E-state index is -0.780. The molecule has 0 atom stereocenters. The van der Waals surface area contributed by atoms with Crippen molar-refractivity contribution in [3.63, 3.8) is 0 Å². The van der Waals surface area contributed by atoms with E-state index in [0.29, 0.717) is 12.6 Å². The van der Waals surface area contributed by atoms with E-state index in [0.717, 1.165) is 0 Å². The van der Waals surface area contributed by atoms with Crippen LogP contribution in [0.1, 0.15) is 20.3 Å². The average Bonchev–Trinajstić information content (AvgIpc) is 1.79. The molecule has 4 nitrogen and oxygen atoms in total. The second-order valence-electron chi connectivity index (χ2n) is 2.37. The van der Waals surface area contributed by atoms with Crippen LogP contribution in [-0.2, 0) is 4.79 Å². The maximum Gasteiger partial charge on any atom is 0.304 e. The van der Waals surface area contributed by atoms with E-state index >= 15 is 0 Å². The summed E-state index contributed by atoms with van der Waals surface area (Å²) < 4.78 is 0. The summed E-state index contributed by atoms with van der Waals surface area (Å²) in [5.41, 5.74) is 5.67. The zero-order valence-corrected chi connectivity index (χ0v) is 6.35. The maximum absolute atomic E-state index is 9.98. The molecule has 0 rings (SSSR count). The molecule has 0 spiro atoms. The number of carboxylic acids is 1. The molecule has 0 aliphatic heterocycles. The minimum absolute atomic E-state index is 0.152. The van der Waals surface area contributed by atoms with E-state index < -0.39 is 5.97 Å². The first-order valence-electron chi connectivity index (χ1n) is 3.33. The molecule has 0 heterocycles. The Labute approximate surface area is 60.6 Å². The molecule has 4 heteroatoms. The van der Waals surface area contributed by atoms with Gasteiger partial charge in [0.1, 0.15) is 0 Å². The molecule has 60 valence electrons. The molecule has 0 bridgehead atoms. The van der Waals surface area contributed by atoms with E-state index in [4.69, 9.17) is 5.11 Å². The Morgan fingerprint density at radius 1 is 1.60 bits per heavy atom. The van der Waals surface area contributed by atoms with E-state index in [9.17, 15) is 4.79 Å². The fourth-order valence-electron chi connectivity index (χ4n) is 0.446. The topological polar surface area (TPSA) is 61.4 Å². The van der Waals surface area contributed by atoms with E-state index in [2.05, 4.69) is 10.9 Å². The highest BCUT2D eigenvalue weighted by molar-refractivity contribution is 5.66. The zero-order valence-electron chi connectivity index (χ0n) is 6.35. The van der Waals surface area contributed by atoms with Crippen LogP contribution >= 0.6 is 0 Å². The van der Waals surface area contributed by atoms with Gasteiger partial charge in [0.2, 0.25) is 0 Å². The van der Waals surface area contributed by atoms with Gasteiger partial charge in [-0.3, -0.25) is 15.6 Å². The quantitative estimate of drug-likeness (QED) is 0.376. The molecule has 0 amide bonds. The van der Waals surface area contributed by atoms with Gasteiger partial charge >= 0.3 is 5.97 Å². The normalized spacial score (nSPS) is 10.3. The summed E-state index contributed by atoms with van der Waals surface area (Å²) in [4.78, 5) is 9.98. The van der Waals surface area contributed by atoms with Crippen LogP contribution < -0.4 is 10.9 Å². The predicted molar refractivity (Wildman–Crippen MR) is 38.5 cm³/mol. The van der Waals surface area contributed by atoms with Crippen molar-refractivity contribution in [2.24, 2.45) is 0 Å². The highest BCUT2D eigenvalue weighted by Gasteiger charge is 1.94. The van der Waals surface area contributed by atoms with E-state index in [1.54, 1.807) is 0 Å². The predicted octanol–water partition coefficient (Wildman–Crippen LogP) is -0.0363. The lowest BCUT2D eigenvalue weighted by Gasteiger charge is -2.07. The molecule has 0 aromatic carbocycles. The van der Waals surface area contributed by atoms with Gasteiger partial charge in [-0.15, -0.1) is 0 Å². The number of nitrogens with one attached hydrogen (secondary N) is 2. The fraction of sp³-hybridized carbons (Fsp3) is 0.833. The van der Waals surface area contributed by atoms with Crippen LogP contribution in [0, 0.1) is 0 Å². The number of hydrogen-bond donors (Lipinski definition) is 3. The molecule has 0 radical (unpaired) electrons. The summed E-state index contributed by atoms with van der Waals surface area (Å²) >= 11 is 0. The molecule has 3 N–H and O–H groups in total. The van der Waals surface area contributed by atoms with E-state index in [-0.39, 0.29) is 6.42 Å². The third-order valence-corrected chi connectivity index (χ3v) is 0.855. The first-order valence-corrected chi connectivity index (χ1v) is 3.33. The van der Waals surface area contributed by atoms with Gasteiger partial charge < -0.3 is 5.11 Å². The van der Waals surface area contributed by atoms with Gasteiger partial charge in [0.05, 0.1) is 6.42 Å². The summed E-state index contributed by atoms with van der Waals surface area (Å²) in [6.45, 7) is 4.43. The molecule has 0 aromatic rings. The Hall–Kier alpha value is -0.610. The van der Waals surface area contributed by atoms with Crippen molar-refractivity contribution >= 4 is 5.97 Å². The number of hydrazine groups is 1. The largest absolute Gasteiger partial charge is 0.481 e. The second kappa shape index (κ2) is 5.20. The molecule has 0 fully saturated rings. The van der Waals surface area contributed by atoms with E-state index in [1.807, 2.05) is 13.8 Å². The van der Waals surface area contributed by atoms with Gasteiger partial charge in [-0.05, 0) is 13.8 Å². The Morgan fingerprint density at radius 3 is 2.60 bits per heavy atom. The standard InChI is InChI=1S/C6H14N2O2/c1-5(2)8-7-4-3-6(9)10/h5,7-8H,3-4H2,1-2H3,(H,9,10). The number of aliphatic carboxylic acids is 1. The highest BCUT2D eigenvalue weighted by atomic mass is 16.4. The van der Waals surface area contributed by atoms with Crippen molar-refractivity contribution in [1.29, 1.82) is 0 Å². The minimum Gasteiger partial charge on any atom is -0.481 e. The van der Waals surface area contributed by atoms with Crippen molar-refractivity contribution in [3.8, 4) is 0 Å². The van der Waals surface area contributed by atoms with Gasteiger partial charge in [-0.2, -0.15) is 0 Å². The highest BCUT2D eigenvalue weighted by Crippen LogP contribution is 1.74. The Morgan fingerprint density at radius 2 is 2.20 bits per heavy atom. The smallest absolute Gasteiger partial charge is 0.304 e. The molecule has 0 saturated carbocycles. The third-order valence-electron chi connectivity index (χ3n) is 0.855. The first kappa shape index (κ1) is 9.39. The van der Waals surface area contributed by atoms with Gasteiger partial charge in [-0.25, -0.2) is 0 Å². The summed E-state index contributed by atoms with van der Waals surface area (Å²) in [6, 6.07) is 0.341. The lowest BCUT2D eigenvalue weighted by molar-refractivity contribution is -0.136. The zero-order chi connectivity index (χ0) is 7.98.